The van der Waals surface area contributed by atoms with Gasteiger partial charge in [0, 0.05) is 17.5 Å². The van der Waals surface area contributed by atoms with E-state index in [9.17, 15) is 14.9 Å². The van der Waals surface area contributed by atoms with E-state index in [1.165, 1.54) is 31.4 Å². The lowest BCUT2D eigenvalue weighted by Gasteiger charge is -2.10. The Kier molecular flexibility index (Phi) is 5.44. The van der Waals surface area contributed by atoms with Gasteiger partial charge >= 0.3 is 0 Å². The maximum Gasteiger partial charge on any atom is 0.270 e. The molecule has 0 aliphatic carbocycles. The normalized spacial score (nSPS) is 11.3. The summed E-state index contributed by atoms with van der Waals surface area (Å²) in [5.41, 5.74) is 1.54. The Morgan fingerprint density at radius 1 is 1.03 bits per heavy atom. The summed E-state index contributed by atoms with van der Waals surface area (Å²) in [6.07, 6.45) is 0. The Balaban J connectivity index is 1.87. The van der Waals surface area contributed by atoms with Crippen LogP contribution < -0.4 is 15.6 Å². The van der Waals surface area contributed by atoms with E-state index in [-0.39, 0.29) is 16.8 Å². The number of fused-ring (bicyclic) bond motifs is 1. The first kappa shape index (κ1) is 19.8. The number of non-ortho nitro benzene ring substituents is 1. The van der Waals surface area contributed by atoms with Gasteiger partial charge in [-0.2, -0.15) is 0 Å². The minimum absolute atomic E-state index is 0.0833. The van der Waals surface area contributed by atoms with Crippen LogP contribution in [0.15, 0.2) is 88.3 Å². The van der Waals surface area contributed by atoms with Crippen LogP contribution in [0.4, 0.5) is 17.1 Å². The van der Waals surface area contributed by atoms with E-state index in [1.54, 1.807) is 36.4 Å². The molecule has 4 rings (SSSR count). The van der Waals surface area contributed by atoms with Crippen molar-refractivity contribution in [1.82, 2.24) is 0 Å². The molecule has 3 aromatic carbocycles. The third-order valence-corrected chi connectivity index (χ3v) is 4.53. The van der Waals surface area contributed by atoms with Gasteiger partial charge < -0.3 is 14.5 Å². The SMILES string of the molecule is COc1ccccc1NC(=O)c1cc2cc([N+](=O)[O-])ccc2oc1=Nc1ccccc1. The van der Waals surface area contributed by atoms with Gasteiger partial charge in [0.2, 0.25) is 5.55 Å². The zero-order valence-corrected chi connectivity index (χ0v) is 16.4. The van der Waals surface area contributed by atoms with Crippen molar-refractivity contribution in [3.8, 4) is 5.75 Å². The summed E-state index contributed by atoms with van der Waals surface area (Å²) in [6, 6.07) is 21.7. The monoisotopic (exact) mass is 415 g/mol. The first-order valence-corrected chi connectivity index (χ1v) is 9.31. The van der Waals surface area contributed by atoms with Gasteiger partial charge in [-0.15, -0.1) is 0 Å². The van der Waals surface area contributed by atoms with Gasteiger partial charge in [-0.05, 0) is 36.4 Å². The van der Waals surface area contributed by atoms with E-state index < -0.39 is 10.8 Å². The summed E-state index contributed by atoms with van der Waals surface area (Å²) >= 11 is 0. The van der Waals surface area contributed by atoms with Gasteiger partial charge in [0.1, 0.15) is 16.9 Å². The lowest BCUT2D eigenvalue weighted by Crippen LogP contribution is -2.22. The van der Waals surface area contributed by atoms with Gasteiger partial charge in [0.05, 0.1) is 23.4 Å². The highest BCUT2D eigenvalue weighted by molar-refractivity contribution is 6.06. The average Bonchev–Trinajstić information content (AvgIpc) is 2.79. The van der Waals surface area contributed by atoms with Crippen molar-refractivity contribution in [2.45, 2.75) is 0 Å². The number of nitro benzene ring substituents is 1. The summed E-state index contributed by atoms with van der Waals surface area (Å²) in [5, 5.41) is 14.3. The number of para-hydroxylation sites is 3. The fourth-order valence-electron chi connectivity index (χ4n) is 3.03. The van der Waals surface area contributed by atoms with Crippen LogP contribution in [0, 0.1) is 10.1 Å². The summed E-state index contributed by atoms with van der Waals surface area (Å²) in [6.45, 7) is 0. The number of nitrogens with one attached hydrogen (secondary N) is 1. The van der Waals surface area contributed by atoms with E-state index in [0.29, 0.717) is 28.1 Å². The first-order valence-electron chi connectivity index (χ1n) is 9.31. The number of rotatable bonds is 5. The van der Waals surface area contributed by atoms with Crippen molar-refractivity contribution in [2.75, 3.05) is 12.4 Å². The van der Waals surface area contributed by atoms with Crippen LogP contribution >= 0.6 is 0 Å². The van der Waals surface area contributed by atoms with Crippen LogP contribution in [0.25, 0.3) is 11.0 Å². The lowest BCUT2D eigenvalue weighted by molar-refractivity contribution is -0.384. The predicted molar refractivity (Wildman–Crippen MR) is 115 cm³/mol. The number of anilines is 1. The molecule has 0 fully saturated rings. The van der Waals surface area contributed by atoms with Gasteiger partial charge in [-0.3, -0.25) is 14.9 Å². The molecule has 0 radical (unpaired) electrons. The smallest absolute Gasteiger partial charge is 0.270 e. The fraction of sp³-hybridized carbons (Fsp3) is 0.0435. The van der Waals surface area contributed by atoms with Crippen LogP contribution in [0.3, 0.4) is 0 Å². The molecule has 0 bridgehead atoms. The van der Waals surface area contributed by atoms with Crippen molar-refractivity contribution >= 4 is 33.9 Å². The highest BCUT2D eigenvalue weighted by Gasteiger charge is 2.16. The number of nitrogens with zero attached hydrogens (tertiary/aromatic N) is 2. The van der Waals surface area contributed by atoms with E-state index >= 15 is 0 Å². The standard InChI is InChI=1S/C23H17N3O5/c1-30-21-10-6-5-9-19(21)25-22(27)18-14-15-13-17(26(28)29)11-12-20(15)31-23(18)24-16-7-3-2-4-8-16/h2-14H,1H3,(H,25,27). The molecule has 31 heavy (non-hydrogen) atoms. The molecule has 4 aromatic rings. The van der Waals surface area contributed by atoms with Gasteiger partial charge in [0.25, 0.3) is 11.6 Å². The molecular weight excluding hydrogens is 398 g/mol. The van der Waals surface area contributed by atoms with Crippen molar-refractivity contribution < 1.29 is 18.9 Å². The Morgan fingerprint density at radius 3 is 2.52 bits per heavy atom. The van der Waals surface area contributed by atoms with Crippen molar-refractivity contribution in [3.63, 3.8) is 0 Å². The third-order valence-electron chi connectivity index (χ3n) is 4.53. The molecule has 8 nitrogen and oxygen atoms in total. The lowest BCUT2D eigenvalue weighted by atomic mass is 10.1. The number of hydrogen-bond donors (Lipinski definition) is 1. The largest absolute Gasteiger partial charge is 0.495 e. The summed E-state index contributed by atoms with van der Waals surface area (Å²) in [4.78, 5) is 28.2. The van der Waals surface area contributed by atoms with Gasteiger partial charge in [-0.25, -0.2) is 4.99 Å². The van der Waals surface area contributed by atoms with Crippen LogP contribution in [0.1, 0.15) is 10.4 Å². The van der Waals surface area contributed by atoms with Crippen LogP contribution in [-0.4, -0.2) is 17.9 Å². The van der Waals surface area contributed by atoms with E-state index in [4.69, 9.17) is 9.15 Å². The molecule has 0 spiro atoms. The highest BCUT2D eigenvalue weighted by Crippen LogP contribution is 2.25. The maximum atomic E-state index is 13.1. The number of nitro groups is 1. The number of amides is 1. The Morgan fingerprint density at radius 2 is 1.77 bits per heavy atom. The molecule has 8 heteroatoms. The minimum atomic E-state index is -0.504. The third kappa shape index (κ3) is 4.27. The zero-order chi connectivity index (χ0) is 21.8. The van der Waals surface area contributed by atoms with Crippen molar-refractivity contribution in [3.05, 3.63) is 100 Å². The molecule has 1 aromatic heterocycles. The maximum absolute atomic E-state index is 13.1. The van der Waals surface area contributed by atoms with E-state index in [2.05, 4.69) is 10.3 Å². The first-order chi connectivity index (χ1) is 15.0. The zero-order valence-electron chi connectivity index (χ0n) is 16.4. The molecule has 0 saturated carbocycles. The Labute approximate surface area is 176 Å². The van der Waals surface area contributed by atoms with Crippen molar-refractivity contribution in [2.24, 2.45) is 4.99 Å². The summed E-state index contributed by atoms with van der Waals surface area (Å²) in [5.74, 6) is 0.00195. The molecule has 0 saturated heterocycles. The topological polar surface area (TPSA) is 107 Å². The van der Waals surface area contributed by atoms with Crippen molar-refractivity contribution in [1.29, 1.82) is 0 Å². The van der Waals surface area contributed by atoms with Crippen LogP contribution in [-0.2, 0) is 0 Å². The summed E-state index contributed by atoms with van der Waals surface area (Å²) in [7, 11) is 1.51. The number of ether oxygens (including phenoxy) is 1. The Hall–Kier alpha value is -4.46. The number of methoxy groups -OCH3 is 1. The second-order valence-corrected chi connectivity index (χ2v) is 6.55. The molecule has 0 unspecified atom stereocenters. The number of carbonyl (C=O) groups is 1. The average molecular weight is 415 g/mol. The molecule has 1 amide bonds. The molecule has 0 atom stereocenters. The van der Waals surface area contributed by atoms with E-state index in [1.807, 2.05) is 18.2 Å². The van der Waals surface area contributed by atoms with Gasteiger partial charge in [0.15, 0.2) is 0 Å². The fourth-order valence-corrected chi connectivity index (χ4v) is 3.03. The number of hydrogen-bond acceptors (Lipinski definition) is 6. The second kappa shape index (κ2) is 8.50. The van der Waals surface area contributed by atoms with Gasteiger partial charge in [-0.1, -0.05) is 30.3 Å². The molecule has 0 aliphatic rings. The Bertz CT molecular complexity index is 1350. The number of benzene rings is 3. The molecule has 0 aliphatic heterocycles. The van der Waals surface area contributed by atoms with Crippen LogP contribution in [0.2, 0.25) is 0 Å². The highest BCUT2D eigenvalue weighted by atomic mass is 16.6. The van der Waals surface area contributed by atoms with E-state index in [0.717, 1.165) is 0 Å². The molecule has 1 N–H and O–H groups in total. The second-order valence-electron chi connectivity index (χ2n) is 6.55. The minimum Gasteiger partial charge on any atom is -0.495 e. The number of carbonyl (C=O) groups excluding carboxylic acids is 1. The van der Waals surface area contributed by atoms with Crippen LogP contribution in [0.5, 0.6) is 5.75 Å². The summed E-state index contributed by atoms with van der Waals surface area (Å²) < 4.78 is 11.1. The predicted octanol–water partition coefficient (Wildman–Crippen LogP) is 4.83. The molecule has 1 heterocycles. The quantitative estimate of drug-likeness (QED) is 0.371. The molecular formula is C23H17N3O5. The molecule has 154 valence electrons.